The van der Waals surface area contributed by atoms with Gasteiger partial charge in [0.1, 0.15) is 29.4 Å². The van der Waals surface area contributed by atoms with Crippen molar-refractivity contribution in [2.75, 3.05) is 6.61 Å². The maximum atomic E-state index is 14.1. The first-order chi connectivity index (χ1) is 17.6. The average molecular weight is 511 g/mol. The van der Waals surface area contributed by atoms with E-state index in [4.69, 9.17) is 9.47 Å². The largest absolute Gasteiger partial charge is 0.485 e. The first-order valence-electron chi connectivity index (χ1n) is 11.8. The molecule has 0 fully saturated rings. The molecule has 194 valence electrons. The van der Waals surface area contributed by atoms with Gasteiger partial charge in [0.2, 0.25) is 0 Å². The highest BCUT2D eigenvalue weighted by molar-refractivity contribution is 6.01. The molecule has 3 aromatic heterocycles. The number of hydrogen-bond acceptors (Lipinski definition) is 6. The molecule has 1 unspecified atom stereocenters. The molecule has 37 heavy (non-hydrogen) atoms. The van der Waals surface area contributed by atoms with Gasteiger partial charge in [0.15, 0.2) is 17.2 Å². The highest BCUT2D eigenvalue weighted by Crippen LogP contribution is 2.34. The van der Waals surface area contributed by atoms with Gasteiger partial charge in [0, 0.05) is 31.4 Å². The van der Waals surface area contributed by atoms with Crippen molar-refractivity contribution in [1.29, 1.82) is 0 Å². The van der Waals surface area contributed by atoms with Crippen molar-refractivity contribution in [3.05, 3.63) is 82.6 Å². The maximum absolute atomic E-state index is 14.1. The number of pyridine rings is 1. The number of aryl methyl sites for hydroxylation is 3. The van der Waals surface area contributed by atoms with Crippen LogP contribution in [0.5, 0.6) is 5.75 Å². The van der Waals surface area contributed by atoms with Crippen molar-refractivity contribution in [3.8, 4) is 5.75 Å². The van der Waals surface area contributed by atoms with E-state index < -0.39 is 23.0 Å². The van der Waals surface area contributed by atoms with Crippen LogP contribution >= 0.6 is 0 Å². The molecule has 1 atom stereocenters. The number of esters is 1. The summed E-state index contributed by atoms with van der Waals surface area (Å²) < 4.78 is 42.3. The lowest BCUT2D eigenvalue weighted by Gasteiger charge is -2.26. The minimum Gasteiger partial charge on any atom is -0.485 e. The van der Waals surface area contributed by atoms with Gasteiger partial charge in [-0.2, -0.15) is 5.10 Å². The van der Waals surface area contributed by atoms with E-state index in [1.54, 1.807) is 68.4 Å². The van der Waals surface area contributed by atoms with E-state index in [2.05, 4.69) is 10.1 Å². The molecule has 0 aliphatic rings. The third-order valence-electron chi connectivity index (χ3n) is 6.33. The predicted octanol–water partition coefficient (Wildman–Crippen LogP) is 4.64. The van der Waals surface area contributed by atoms with E-state index in [9.17, 15) is 18.4 Å². The zero-order valence-corrected chi connectivity index (χ0v) is 21.3. The molecule has 0 bridgehead atoms. The molecule has 4 rings (SSSR count). The predicted molar refractivity (Wildman–Crippen MR) is 131 cm³/mol. The molecule has 0 N–H and O–H groups in total. The molecule has 0 aliphatic carbocycles. The lowest BCUT2D eigenvalue weighted by Crippen LogP contribution is -2.37. The Morgan fingerprint density at radius 1 is 1.08 bits per heavy atom. The topological polar surface area (TPSA) is 87.7 Å². The van der Waals surface area contributed by atoms with E-state index >= 15 is 0 Å². The molecule has 4 aromatic rings. The van der Waals surface area contributed by atoms with Crippen LogP contribution in [0.1, 0.15) is 53.3 Å². The van der Waals surface area contributed by atoms with Crippen molar-refractivity contribution < 1.29 is 27.8 Å². The van der Waals surface area contributed by atoms with Crippen molar-refractivity contribution >= 4 is 17.4 Å². The number of ketones is 1. The van der Waals surface area contributed by atoms with Crippen LogP contribution in [0.25, 0.3) is 5.65 Å². The van der Waals surface area contributed by atoms with Crippen LogP contribution in [0.15, 0.2) is 42.7 Å². The Kier molecular flexibility index (Phi) is 7.11. The van der Waals surface area contributed by atoms with Crippen LogP contribution in [0.4, 0.5) is 8.78 Å². The summed E-state index contributed by atoms with van der Waals surface area (Å²) in [6.07, 6.45) is 3.18. The smallest absolute Gasteiger partial charge is 0.316 e. The summed E-state index contributed by atoms with van der Waals surface area (Å²) >= 11 is 0. The van der Waals surface area contributed by atoms with Gasteiger partial charge in [-0.15, -0.1) is 0 Å². The van der Waals surface area contributed by atoms with Crippen LogP contribution < -0.4 is 4.74 Å². The Bertz CT molecular complexity index is 1470. The van der Waals surface area contributed by atoms with Crippen molar-refractivity contribution in [3.63, 3.8) is 0 Å². The lowest BCUT2D eigenvalue weighted by molar-refractivity contribution is -0.149. The SMILES string of the molecule is CCOC(=O)C(C)(CC(=O)c1c(C)nc2c(OCc3c(F)cccc3F)cccn12)c1cn(C)nc1C. The molecule has 0 saturated heterocycles. The van der Waals surface area contributed by atoms with Crippen LogP contribution in [0.2, 0.25) is 0 Å². The normalized spacial score (nSPS) is 12.9. The zero-order chi connectivity index (χ0) is 26.9. The molecular weight excluding hydrogens is 482 g/mol. The fourth-order valence-corrected chi connectivity index (χ4v) is 4.54. The second-order valence-electron chi connectivity index (χ2n) is 9.06. The number of aromatic nitrogens is 4. The number of imidazole rings is 1. The van der Waals surface area contributed by atoms with Crippen molar-refractivity contribution in [1.82, 2.24) is 19.2 Å². The molecule has 0 spiro atoms. The molecule has 10 heteroatoms. The molecule has 0 saturated carbocycles. The number of ether oxygens (including phenoxy) is 2. The van der Waals surface area contributed by atoms with Gasteiger partial charge >= 0.3 is 5.97 Å². The van der Waals surface area contributed by atoms with Gasteiger partial charge in [0.05, 0.1) is 23.6 Å². The highest BCUT2D eigenvalue weighted by atomic mass is 19.1. The van der Waals surface area contributed by atoms with Crippen molar-refractivity contribution in [2.45, 2.75) is 46.1 Å². The average Bonchev–Trinajstić information content (AvgIpc) is 3.36. The summed E-state index contributed by atoms with van der Waals surface area (Å²) in [4.78, 5) is 31.3. The van der Waals surface area contributed by atoms with Gasteiger partial charge in [-0.1, -0.05) is 6.07 Å². The second kappa shape index (κ2) is 10.1. The van der Waals surface area contributed by atoms with Crippen LogP contribution in [0.3, 0.4) is 0 Å². The summed E-state index contributed by atoms with van der Waals surface area (Å²) in [5.41, 5.74) is 0.748. The summed E-state index contributed by atoms with van der Waals surface area (Å²) in [6, 6.07) is 6.85. The molecule has 1 aromatic carbocycles. The Morgan fingerprint density at radius 2 is 1.78 bits per heavy atom. The highest BCUT2D eigenvalue weighted by Gasteiger charge is 2.42. The number of hydrogen-bond donors (Lipinski definition) is 0. The minimum absolute atomic E-state index is 0.167. The third kappa shape index (κ3) is 4.83. The zero-order valence-electron chi connectivity index (χ0n) is 21.3. The van der Waals surface area contributed by atoms with E-state index in [1.165, 1.54) is 6.07 Å². The van der Waals surface area contributed by atoms with E-state index in [1.807, 2.05) is 0 Å². The Balaban J connectivity index is 1.69. The van der Waals surface area contributed by atoms with Crippen molar-refractivity contribution in [2.24, 2.45) is 7.05 Å². The minimum atomic E-state index is -1.28. The molecular formula is C27H28F2N4O4. The Morgan fingerprint density at radius 3 is 2.41 bits per heavy atom. The van der Waals surface area contributed by atoms with Crippen LogP contribution in [-0.2, 0) is 28.6 Å². The summed E-state index contributed by atoms with van der Waals surface area (Å²) in [6.45, 7) is 6.65. The molecule has 0 aliphatic heterocycles. The molecule has 3 heterocycles. The van der Waals surface area contributed by atoms with Gasteiger partial charge in [-0.05, 0) is 52.0 Å². The Hall–Kier alpha value is -4.08. The number of benzene rings is 1. The molecule has 0 radical (unpaired) electrons. The second-order valence-corrected chi connectivity index (χ2v) is 9.06. The number of carbonyl (C=O) groups excluding carboxylic acids is 2. The van der Waals surface area contributed by atoms with Gasteiger partial charge < -0.3 is 9.47 Å². The number of Topliss-reactive ketones (excluding diaryl/α,β-unsaturated/α-hetero) is 1. The molecule has 8 nitrogen and oxygen atoms in total. The number of nitrogens with zero attached hydrogens (tertiary/aromatic N) is 4. The fraction of sp³-hybridized carbons (Fsp3) is 0.333. The summed E-state index contributed by atoms with van der Waals surface area (Å²) in [5.74, 6) is -2.04. The van der Waals surface area contributed by atoms with Crippen LogP contribution in [0, 0.1) is 25.5 Å². The monoisotopic (exact) mass is 510 g/mol. The summed E-state index contributed by atoms with van der Waals surface area (Å²) in [5, 5.41) is 4.34. The number of carbonyl (C=O) groups is 2. The molecule has 0 amide bonds. The van der Waals surface area contributed by atoms with E-state index in [0.29, 0.717) is 22.6 Å². The fourth-order valence-electron chi connectivity index (χ4n) is 4.54. The van der Waals surface area contributed by atoms with Gasteiger partial charge in [-0.25, -0.2) is 13.8 Å². The quantitative estimate of drug-likeness (QED) is 0.241. The summed E-state index contributed by atoms with van der Waals surface area (Å²) in [7, 11) is 1.74. The van der Waals surface area contributed by atoms with Crippen LogP contribution in [-0.4, -0.2) is 37.5 Å². The van der Waals surface area contributed by atoms with E-state index in [0.717, 1.165) is 12.1 Å². The third-order valence-corrected chi connectivity index (χ3v) is 6.33. The lowest BCUT2D eigenvalue weighted by atomic mass is 9.77. The first kappa shape index (κ1) is 26.0. The number of halogens is 2. The number of fused-ring (bicyclic) bond motifs is 1. The standard InChI is InChI=1S/C27H28F2N4O4/c1-6-36-26(35)27(4,19-14-32(5)31-16(19)2)13-22(34)24-17(3)30-25-23(11-8-12-33(24)25)37-15-18-20(28)9-7-10-21(18)29/h7-12,14H,6,13,15H2,1-5H3. The van der Waals surface area contributed by atoms with Gasteiger partial charge in [0.25, 0.3) is 0 Å². The maximum Gasteiger partial charge on any atom is 0.316 e. The number of rotatable bonds is 9. The first-order valence-corrected chi connectivity index (χ1v) is 11.8. The Labute approximate surface area is 212 Å². The van der Waals surface area contributed by atoms with E-state index in [-0.39, 0.29) is 42.4 Å². The van der Waals surface area contributed by atoms with Gasteiger partial charge in [-0.3, -0.25) is 18.7 Å².